The number of benzene rings is 2. The van der Waals surface area contributed by atoms with Gasteiger partial charge in [-0.2, -0.15) is 0 Å². The molecule has 0 fully saturated rings. The molecule has 1 aliphatic heterocycles. The fourth-order valence-corrected chi connectivity index (χ4v) is 3.81. The maximum absolute atomic E-state index is 12.7. The van der Waals surface area contributed by atoms with Gasteiger partial charge >= 0.3 is 0 Å². The SMILES string of the molecule is Cc1ccc(-c2ccsc2C(=O)NCc2cccc3c2OCCO3)cc1. The predicted octanol–water partition coefficient (Wildman–Crippen LogP) is 4.42. The Morgan fingerprint density at radius 1 is 1.08 bits per heavy atom. The van der Waals surface area contributed by atoms with Crippen LogP contribution in [0.25, 0.3) is 11.1 Å². The van der Waals surface area contributed by atoms with Crippen LogP contribution >= 0.6 is 11.3 Å². The first-order valence-electron chi connectivity index (χ1n) is 8.52. The van der Waals surface area contributed by atoms with E-state index in [0.717, 1.165) is 33.1 Å². The molecular weight excluding hydrogens is 346 g/mol. The second-order valence-electron chi connectivity index (χ2n) is 6.15. The van der Waals surface area contributed by atoms with Crippen molar-refractivity contribution >= 4 is 17.2 Å². The first-order valence-corrected chi connectivity index (χ1v) is 9.40. The summed E-state index contributed by atoms with van der Waals surface area (Å²) in [6, 6.07) is 15.9. The van der Waals surface area contributed by atoms with Crippen molar-refractivity contribution in [1.29, 1.82) is 0 Å². The minimum atomic E-state index is -0.0788. The van der Waals surface area contributed by atoms with E-state index in [1.54, 1.807) is 0 Å². The molecule has 2 heterocycles. The zero-order valence-corrected chi connectivity index (χ0v) is 15.3. The molecule has 132 valence electrons. The van der Waals surface area contributed by atoms with E-state index < -0.39 is 0 Å². The van der Waals surface area contributed by atoms with Crippen LogP contribution in [0.3, 0.4) is 0 Å². The maximum atomic E-state index is 12.7. The summed E-state index contributed by atoms with van der Waals surface area (Å²) >= 11 is 1.45. The molecule has 0 saturated heterocycles. The molecule has 2 aromatic carbocycles. The third kappa shape index (κ3) is 3.30. The lowest BCUT2D eigenvalue weighted by Crippen LogP contribution is -2.24. The highest BCUT2D eigenvalue weighted by molar-refractivity contribution is 7.12. The Bertz CT molecular complexity index is 931. The number of thiophene rings is 1. The Morgan fingerprint density at radius 3 is 2.73 bits per heavy atom. The van der Waals surface area contributed by atoms with Crippen LogP contribution in [-0.2, 0) is 6.54 Å². The second kappa shape index (κ2) is 7.22. The topological polar surface area (TPSA) is 47.6 Å². The number of amides is 1. The lowest BCUT2D eigenvalue weighted by atomic mass is 10.0. The molecule has 0 bridgehead atoms. The van der Waals surface area contributed by atoms with Crippen LogP contribution in [-0.4, -0.2) is 19.1 Å². The highest BCUT2D eigenvalue weighted by atomic mass is 32.1. The molecule has 3 aromatic rings. The molecule has 1 N–H and O–H groups in total. The summed E-state index contributed by atoms with van der Waals surface area (Å²) in [6.07, 6.45) is 0. The lowest BCUT2D eigenvalue weighted by Gasteiger charge is -2.21. The summed E-state index contributed by atoms with van der Waals surface area (Å²) < 4.78 is 11.3. The molecule has 0 unspecified atom stereocenters. The molecule has 5 heteroatoms. The van der Waals surface area contributed by atoms with Gasteiger partial charge in [-0.3, -0.25) is 4.79 Å². The molecule has 1 amide bonds. The smallest absolute Gasteiger partial charge is 0.262 e. The van der Waals surface area contributed by atoms with Gasteiger partial charge in [0.25, 0.3) is 5.91 Å². The van der Waals surface area contributed by atoms with Gasteiger partial charge in [-0.05, 0) is 30.0 Å². The predicted molar refractivity (Wildman–Crippen MR) is 103 cm³/mol. The first-order chi connectivity index (χ1) is 12.7. The van der Waals surface area contributed by atoms with Gasteiger partial charge in [0.05, 0.1) is 4.88 Å². The number of aryl methyl sites for hydroxylation is 1. The van der Waals surface area contributed by atoms with Crippen molar-refractivity contribution in [3.05, 3.63) is 69.9 Å². The third-order valence-electron chi connectivity index (χ3n) is 4.32. The first kappa shape index (κ1) is 16.7. The molecule has 0 radical (unpaired) electrons. The zero-order valence-electron chi connectivity index (χ0n) is 14.5. The Kier molecular flexibility index (Phi) is 4.63. The molecule has 0 spiro atoms. The van der Waals surface area contributed by atoms with Crippen molar-refractivity contribution in [3.8, 4) is 22.6 Å². The van der Waals surface area contributed by atoms with E-state index in [1.165, 1.54) is 16.9 Å². The van der Waals surface area contributed by atoms with Crippen molar-refractivity contribution < 1.29 is 14.3 Å². The normalized spacial score (nSPS) is 12.7. The average molecular weight is 365 g/mol. The molecular formula is C21H19NO3S. The molecule has 4 rings (SSSR count). The van der Waals surface area contributed by atoms with Crippen LogP contribution in [0.5, 0.6) is 11.5 Å². The largest absolute Gasteiger partial charge is 0.486 e. The van der Waals surface area contributed by atoms with Gasteiger partial charge in [-0.15, -0.1) is 11.3 Å². The zero-order chi connectivity index (χ0) is 17.9. The summed E-state index contributed by atoms with van der Waals surface area (Å²) in [6.45, 7) is 3.53. The third-order valence-corrected chi connectivity index (χ3v) is 5.23. The van der Waals surface area contributed by atoms with E-state index in [0.29, 0.717) is 19.8 Å². The Labute approximate surface area is 156 Å². The standard InChI is InChI=1S/C21H19NO3S/c1-14-5-7-15(8-6-14)17-9-12-26-20(17)21(23)22-13-16-3-2-4-18-19(16)25-11-10-24-18/h2-9,12H,10-11,13H2,1H3,(H,22,23). The van der Waals surface area contributed by atoms with Gasteiger partial charge < -0.3 is 14.8 Å². The van der Waals surface area contributed by atoms with Crippen LogP contribution in [0.4, 0.5) is 0 Å². The minimum Gasteiger partial charge on any atom is -0.486 e. The number of hydrogen-bond donors (Lipinski definition) is 1. The Balaban J connectivity index is 1.52. The van der Waals surface area contributed by atoms with Gasteiger partial charge in [0.15, 0.2) is 11.5 Å². The van der Waals surface area contributed by atoms with Crippen LogP contribution < -0.4 is 14.8 Å². The molecule has 1 aromatic heterocycles. The number of ether oxygens (including phenoxy) is 2. The number of rotatable bonds is 4. The van der Waals surface area contributed by atoms with Crippen LogP contribution in [0.1, 0.15) is 20.8 Å². The fraction of sp³-hybridized carbons (Fsp3) is 0.190. The van der Waals surface area contributed by atoms with E-state index in [-0.39, 0.29) is 5.91 Å². The van der Waals surface area contributed by atoms with E-state index in [9.17, 15) is 4.79 Å². The molecule has 1 aliphatic rings. The van der Waals surface area contributed by atoms with Crippen molar-refractivity contribution in [2.75, 3.05) is 13.2 Å². The average Bonchev–Trinajstić information content (AvgIpc) is 3.16. The van der Waals surface area contributed by atoms with Crippen LogP contribution in [0.15, 0.2) is 53.9 Å². The van der Waals surface area contributed by atoms with Crippen molar-refractivity contribution in [2.24, 2.45) is 0 Å². The minimum absolute atomic E-state index is 0.0788. The van der Waals surface area contributed by atoms with Crippen molar-refractivity contribution in [3.63, 3.8) is 0 Å². The van der Waals surface area contributed by atoms with Gasteiger partial charge in [0, 0.05) is 17.7 Å². The lowest BCUT2D eigenvalue weighted by molar-refractivity contribution is 0.0954. The number of carbonyl (C=O) groups is 1. The van der Waals surface area contributed by atoms with E-state index >= 15 is 0 Å². The van der Waals surface area contributed by atoms with Gasteiger partial charge in [0.1, 0.15) is 13.2 Å². The highest BCUT2D eigenvalue weighted by Crippen LogP contribution is 2.34. The van der Waals surface area contributed by atoms with Gasteiger partial charge in [0.2, 0.25) is 0 Å². The highest BCUT2D eigenvalue weighted by Gasteiger charge is 2.18. The van der Waals surface area contributed by atoms with Crippen LogP contribution in [0.2, 0.25) is 0 Å². The van der Waals surface area contributed by atoms with Gasteiger partial charge in [-0.1, -0.05) is 42.0 Å². The van der Waals surface area contributed by atoms with Crippen molar-refractivity contribution in [2.45, 2.75) is 13.5 Å². The van der Waals surface area contributed by atoms with E-state index in [2.05, 4.69) is 24.4 Å². The summed E-state index contributed by atoms with van der Waals surface area (Å²) in [4.78, 5) is 13.5. The molecule has 0 saturated carbocycles. The fourth-order valence-electron chi connectivity index (χ4n) is 2.97. The quantitative estimate of drug-likeness (QED) is 0.744. The number of nitrogens with one attached hydrogen (secondary N) is 1. The van der Waals surface area contributed by atoms with E-state index in [4.69, 9.17) is 9.47 Å². The van der Waals surface area contributed by atoms with Crippen molar-refractivity contribution in [1.82, 2.24) is 5.32 Å². The number of para-hydroxylation sites is 1. The number of carbonyl (C=O) groups excluding carboxylic acids is 1. The number of hydrogen-bond acceptors (Lipinski definition) is 4. The summed E-state index contributed by atoms with van der Waals surface area (Å²) in [7, 11) is 0. The second-order valence-corrected chi connectivity index (χ2v) is 7.07. The summed E-state index contributed by atoms with van der Waals surface area (Å²) in [5.41, 5.74) is 4.13. The Morgan fingerprint density at radius 2 is 1.88 bits per heavy atom. The summed E-state index contributed by atoms with van der Waals surface area (Å²) in [5.74, 6) is 1.38. The molecule has 4 nitrogen and oxygen atoms in total. The number of fused-ring (bicyclic) bond motifs is 1. The van der Waals surface area contributed by atoms with Crippen LogP contribution in [0, 0.1) is 6.92 Å². The van der Waals surface area contributed by atoms with Gasteiger partial charge in [-0.25, -0.2) is 0 Å². The molecule has 26 heavy (non-hydrogen) atoms. The maximum Gasteiger partial charge on any atom is 0.262 e. The Hall–Kier alpha value is -2.79. The summed E-state index contributed by atoms with van der Waals surface area (Å²) in [5, 5.41) is 4.96. The molecule has 0 atom stereocenters. The van der Waals surface area contributed by atoms with E-state index in [1.807, 2.05) is 41.8 Å². The monoisotopic (exact) mass is 365 g/mol. The molecule has 0 aliphatic carbocycles.